The van der Waals surface area contributed by atoms with Gasteiger partial charge in [0.2, 0.25) is 5.91 Å². The molecule has 0 aromatic heterocycles. The van der Waals surface area contributed by atoms with Crippen LogP contribution in [0.25, 0.3) is 0 Å². The Hall–Kier alpha value is -2.12. The maximum atomic E-state index is 13.0. The number of carbonyl (C=O) groups is 2. The van der Waals surface area contributed by atoms with Crippen molar-refractivity contribution in [1.82, 2.24) is 0 Å². The van der Waals surface area contributed by atoms with Gasteiger partial charge >= 0.3 is 12.1 Å². The van der Waals surface area contributed by atoms with Crippen LogP contribution < -0.4 is 5.32 Å². The lowest BCUT2D eigenvalue weighted by atomic mass is 10.1. The molecule has 0 radical (unpaired) electrons. The van der Waals surface area contributed by atoms with E-state index in [1.807, 2.05) is 0 Å². The van der Waals surface area contributed by atoms with Crippen LogP contribution in [-0.2, 0) is 15.8 Å². The van der Waals surface area contributed by atoms with Crippen LogP contribution >= 0.6 is 0 Å². The molecule has 8 heteroatoms. The van der Waals surface area contributed by atoms with Crippen molar-refractivity contribution in [3.8, 4) is 0 Å². The van der Waals surface area contributed by atoms with Crippen LogP contribution in [0.2, 0.25) is 0 Å². The van der Waals surface area contributed by atoms with Gasteiger partial charge in [0.1, 0.15) is 5.82 Å². The number of aliphatic carboxylic acids is 1. The molecule has 1 rings (SSSR count). The van der Waals surface area contributed by atoms with Crippen molar-refractivity contribution in [2.24, 2.45) is 0 Å². The van der Waals surface area contributed by atoms with E-state index in [2.05, 4.69) is 5.32 Å². The fourth-order valence-electron chi connectivity index (χ4n) is 1.44. The molecule has 4 nitrogen and oxygen atoms in total. The largest absolute Gasteiger partial charge is 0.481 e. The molecule has 0 bridgehead atoms. The van der Waals surface area contributed by atoms with Crippen LogP contribution in [0, 0.1) is 5.82 Å². The summed E-state index contributed by atoms with van der Waals surface area (Å²) in [6, 6.07) is 2.10. The van der Waals surface area contributed by atoms with Crippen molar-refractivity contribution in [2.45, 2.75) is 25.4 Å². The van der Waals surface area contributed by atoms with Gasteiger partial charge in [0.15, 0.2) is 0 Å². The van der Waals surface area contributed by atoms with E-state index in [-0.39, 0.29) is 24.9 Å². The average Bonchev–Trinajstić information content (AvgIpc) is 2.29. The summed E-state index contributed by atoms with van der Waals surface area (Å²) in [5, 5.41) is 10.5. The van der Waals surface area contributed by atoms with Crippen molar-refractivity contribution in [3.05, 3.63) is 29.6 Å². The Morgan fingerprint density at radius 3 is 2.40 bits per heavy atom. The zero-order valence-corrected chi connectivity index (χ0v) is 10.1. The molecule has 0 aliphatic heterocycles. The van der Waals surface area contributed by atoms with Crippen molar-refractivity contribution in [2.75, 3.05) is 5.32 Å². The summed E-state index contributed by atoms with van der Waals surface area (Å²) in [6.07, 6.45) is -5.15. The SMILES string of the molecule is O=C(O)CCCC(=O)Nc1ccc(F)c(C(F)(F)F)c1. The Balaban J connectivity index is 2.69. The molecule has 0 atom stereocenters. The van der Waals surface area contributed by atoms with Gasteiger partial charge in [-0.15, -0.1) is 0 Å². The lowest BCUT2D eigenvalue weighted by Gasteiger charge is -2.11. The highest BCUT2D eigenvalue weighted by Gasteiger charge is 2.34. The number of anilines is 1. The van der Waals surface area contributed by atoms with Gasteiger partial charge in [0.25, 0.3) is 0 Å². The summed E-state index contributed by atoms with van der Waals surface area (Å²) in [6.45, 7) is 0. The normalized spacial score (nSPS) is 11.2. The van der Waals surface area contributed by atoms with E-state index in [1.165, 1.54) is 0 Å². The highest BCUT2D eigenvalue weighted by atomic mass is 19.4. The monoisotopic (exact) mass is 293 g/mol. The third-order valence-corrected chi connectivity index (χ3v) is 2.35. The van der Waals surface area contributed by atoms with Crippen LogP contribution in [0.15, 0.2) is 18.2 Å². The molecule has 0 aliphatic carbocycles. The van der Waals surface area contributed by atoms with Gasteiger partial charge in [0.05, 0.1) is 5.56 Å². The number of benzene rings is 1. The minimum Gasteiger partial charge on any atom is -0.481 e. The van der Waals surface area contributed by atoms with Crippen LogP contribution in [0.4, 0.5) is 23.2 Å². The van der Waals surface area contributed by atoms with E-state index >= 15 is 0 Å². The average molecular weight is 293 g/mol. The summed E-state index contributed by atoms with van der Waals surface area (Å²) < 4.78 is 50.3. The number of hydrogen-bond donors (Lipinski definition) is 2. The van der Waals surface area contributed by atoms with Gasteiger partial charge in [-0.2, -0.15) is 13.2 Å². The topological polar surface area (TPSA) is 66.4 Å². The highest BCUT2D eigenvalue weighted by Crippen LogP contribution is 2.32. The first-order valence-corrected chi connectivity index (χ1v) is 5.58. The number of halogens is 4. The number of carbonyl (C=O) groups excluding carboxylic acids is 1. The van der Waals surface area contributed by atoms with E-state index in [0.717, 1.165) is 6.07 Å². The third-order valence-electron chi connectivity index (χ3n) is 2.35. The lowest BCUT2D eigenvalue weighted by Crippen LogP contribution is -2.14. The molecular formula is C12H11F4NO3. The fraction of sp³-hybridized carbons (Fsp3) is 0.333. The molecular weight excluding hydrogens is 282 g/mol. The van der Waals surface area contributed by atoms with Crippen molar-refractivity contribution >= 4 is 17.6 Å². The predicted octanol–water partition coefficient (Wildman–Crippen LogP) is 3.04. The first-order chi connectivity index (χ1) is 9.20. The van der Waals surface area contributed by atoms with E-state index in [1.54, 1.807) is 0 Å². The molecule has 1 amide bonds. The number of nitrogens with one attached hydrogen (secondary N) is 1. The Bertz CT molecular complexity index is 514. The molecule has 20 heavy (non-hydrogen) atoms. The summed E-state index contributed by atoms with van der Waals surface area (Å²) in [5.41, 5.74) is -1.67. The van der Waals surface area contributed by atoms with Crippen molar-refractivity contribution in [1.29, 1.82) is 0 Å². The van der Waals surface area contributed by atoms with Gasteiger partial charge < -0.3 is 10.4 Å². The minimum atomic E-state index is -4.85. The van der Waals surface area contributed by atoms with E-state index < -0.39 is 29.4 Å². The number of carboxylic acids is 1. The third kappa shape index (κ3) is 4.87. The summed E-state index contributed by atoms with van der Waals surface area (Å²) in [7, 11) is 0. The molecule has 110 valence electrons. The molecule has 0 spiro atoms. The molecule has 1 aromatic carbocycles. The smallest absolute Gasteiger partial charge is 0.419 e. The Morgan fingerprint density at radius 2 is 1.85 bits per heavy atom. The number of alkyl halides is 3. The molecule has 0 fully saturated rings. The van der Waals surface area contributed by atoms with Gasteiger partial charge in [-0.25, -0.2) is 4.39 Å². The van der Waals surface area contributed by atoms with Crippen molar-refractivity contribution in [3.63, 3.8) is 0 Å². The van der Waals surface area contributed by atoms with E-state index in [9.17, 15) is 27.2 Å². The number of hydrogen-bond acceptors (Lipinski definition) is 2. The minimum absolute atomic E-state index is 0.0640. The summed E-state index contributed by atoms with van der Waals surface area (Å²) in [5.74, 6) is -3.13. The van der Waals surface area contributed by atoms with E-state index in [0.29, 0.717) is 12.1 Å². The zero-order chi connectivity index (χ0) is 15.3. The fourth-order valence-corrected chi connectivity index (χ4v) is 1.44. The first-order valence-electron chi connectivity index (χ1n) is 5.58. The second-order valence-electron chi connectivity index (χ2n) is 3.99. The van der Waals surface area contributed by atoms with Crippen LogP contribution in [0.5, 0.6) is 0 Å². The Labute approximate surface area is 111 Å². The maximum Gasteiger partial charge on any atom is 0.419 e. The molecule has 0 unspecified atom stereocenters. The second-order valence-corrected chi connectivity index (χ2v) is 3.99. The first kappa shape index (κ1) is 15.9. The Morgan fingerprint density at radius 1 is 1.20 bits per heavy atom. The second kappa shape index (κ2) is 6.36. The van der Waals surface area contributed by atoms with Gasteiger partial charge in [-0.1, -0.05) is 0 Å². The number of carboxylic acid groups (broad SMARTS) is 1. The lowest BCUT2D eigenvalue weighted by molar-refractivity contribution is -0.140. The molecule has 1 aromatic rings. The van der Waals surface area contributed by atoms with Gasteiger partial charge in [-0.05, 0) is 24.6 Å². The molecule has 0 aliphatic rings. The zero-order valence-electron chi connectivity index (χ0n) is 10.1. The standard InChI is InChI=1S/C12H11F4NO3/c13-9-5-4-7(6-8(9)12(14,15)16)17-10(18)2-1-3-11(19)20/h4-6H,1-3H2,(H,17,18)(H,19,20). The maximum absolute atomic E-state index is 13.0. The summed E-state index contributed by atoms with van der Waals surface area (Å²) >= 11 is 0. The molecule has 0 saturated heterocycles. The van der Waals surface area contributed by atoms with E-state index in [4.69, 9.17) is 5.11 Å². The van der Waals surface area contributed by atoms with Crippen molar-refractivity contribution < 1.29 is 32.3 Å². The predicted molar refractivity (Wildman–Crippen MR) is 61.5 cm³/mol. The quantitative estimate of drug-likeness (QED) is 0.820. The van der Waals surface area contributed by atoms with Gasteiger partial charge in [0, 0.05) is 18.5 Å². The highest BCUT2D eigenvalue weighted by molar-refractivity contribution is 5.90. The molecule has 2 N–H and O–H groups in total. The molecule has 0 saturated carbocycles. The van der Waals surface area contributed by atoms with Crippen LogP contribution in [-0.4, -0.2) is 17.0 Å². The van der Waals surface area contributed by atoms with Crippen LogP contribution in [0.3, 0.4) is 0 Å². The van der Waals surface area contributed by atoms with Crippen LogP contribution in [0.1, 0.15) is 24.8 Å². The van der Waals surface area contributed by atoms with Gasteiger partial charge in [-0.3, -0.25) is 9.59 Å². The number of amides is 1. The number of rotatable bonds is 5. The summed E-state index contributed by atoms with van der Waals surface area (Å²) in [4.78, 5) is 21.6. The Kier molecular flexibility index (Phi) is 5.06. The molecule has 0 heterocycles.